The molecular formula is C23H27N5O3S2. The molecule has 1 aliphatic carbocycles. The Morgan fingerprint density at radius 1 is 1.12 bits per heavy atom. The van der Waals surface area contributed by atoms with Crippen LogP contribution in [0.15, 0.2) is 64.6 Å². The summed E-state index contributed by atoms with van der Waals surface area (Å²) < 4.78 is 29.1. The summed E-state index contributed by atoms with van der Waals surface area (Å²) in [5, 5.41) is 12.1. The highest BCUT2D eigenvalue weighted by molar-refractivity contribution is 7.99. The van der Waals surface area contributed by atoms with Crippen molar-refractivity contribution < 1.29 is 13.2 Å². The molecule has 1 heterocycles. The van der Waals surface area contributed by atoms with Crippen LogP contribution in [-0.4, -0.2) is 46.2 Å². The topological polar surface area (TPSA) is 97.2 Å². The number of sulfonamides is 1. The molecule has 0 radical (unpaired) electrons. The maximum Gasteiger partial charge on any atom is 0.243 e. The van der Waals surface area contributed by atoms with Crippen molar-refractivity contribution in [3.63, 3.8) is 0 Å². The van der Waals surface area contributed by atoms with E-state index >= 15 is 0 Å². The van der Waals surface area contributed by atoms with Crippen molar-refractivity contribution in [2.24, 2.45) is 0 Å². The van der Waals surface area contributed by atoms with Gasteiger partial charge in [0.2, 0.25) is 15.9 Å². The molecule has 0 saturated heterocycles. The van der Waals surface area contributed by atoms with Gasteiger partial charge in [0.05, 0.1) is 10.6 Å². The van der Waals surface area contributed by atoms with Crippen LogP contribution in [0.4, 0.5) is 5.69 Å². The number of benzene rings is 2. The molecule has 1 N–H and O–H groups in total. The molecule has 0 spiro atoms. The van der Waals surface area contributed by atoms with Gasteiger partial charge in [-0.05, 0) is 49.6 Å². The molecule has 10 heteroatoms. The summed E-state index contributed by atoms with van der Waals surface area (Å²) >= 11 is 1.35. The van der Waals surface area contributed by atoms with Crippen molar-refractivity contribution in [3.05, 3.63) is 66.0 Å². The fourth-order valence-electron chi connectivity index (χ4n) is 3.49. The zero-order chi connectivity index (χ0) is 23.4. The van der Waals surface area contributed by atoms with E-state index in [1.54, 1.807) is 19.2 Å². The van der Waals surface area contributed by atoms with Gasteiger partial charge in [-0.15, -0.1) is 10.2 Å². The summed E-state index contributed by atoms with van der Waals surface area (Å²) in [5.74, 6) is 1.52. The summed E-state index contributed by atoms with van der Waals surface area (Å²) in [7, 11) is -2.08. The van der Waals surface area contributed by atoms with Crippen molar-refractivity contribution in [1.29, 1.82) is 0 Å². The zero-order valence-electron chi connectivity index (χ0n) is 18.6. The summed E-state index contributed by atoms with van der Waals surface area (Å²) in [6.07, 6.45) is 2.30. The maximum absolute atomic E-state index is 12.9. The van der Waals surface area contributed by atoms with Crippen molar-refractivity contribution in [1.82, 2.24) is 19.1 Å². The Bertz CT molecular complexity index is 1210. The van der Waals surface area contributed by atoms with Gasteiger partial charge in [-0.2, -0.15) is 4.31 Å². The number of thioether (sulfide) groups is 1. The number of hydrogen-bond donors (Lipinski definition) is 1. The van der Waals surface area contributed by atoms with Gasteiger partial charge in [0.15, 0.2) is 5.16 Å². The predicted octanol–water partition coefficient (Wildman–Crippen LogP) is 3.73. The number of nitrogens with zero attached hydrogens (tertiary/aromatic N) is 4. The van der Waals surface area contributed by atoms with E-state index in [9.17, 15) is 13.2 Å². The number of rotatable bonds is 10. The smallest absolute Gasteiger partial charge is 0.243 e. The quantitative estimate of drug-likeness (QED) is 0.440. The fourth-order valence-corrected chi connectivity index (χ4v) is 5.46. The molecule has 3 aromatic rings. The molecule has 0 unspecified atom stereocenters. The van der Waals surface area contributed by atoms with Crippen LogP contribution in [-0.2, 0) is 27.9 Å². The van der Waals surface area contributed by atoms with Gasteiger partial charge in [0.25, 0.3) is 0 Å². The number of carbonyl (C=O) groups is 1. The van der Waals surface area contributed by atoms with Crippen LogP contribution in [0.3, 0.4) is 0 Å². The van der Waals surface area contributed by atoms with E-state index in [0.717, 1.165) is 35.9 Å². The SMILES string of the molecule is CCn1c(SCC(=O)Nc2ccc(S(=O)(=O)N(C)Cc3ccccc3)cc2)nnc1C1CC1. The van der Waals surface area contributed by atoms with E-state index in [4.69, 9.17) is 0 Å². The summed E-state index contributed by atoms with van der Waals surface area (Å²) in [6.45, 7) is 3.10. The Hall–Kier alpha value is -2.69. The molecule has 1 aromatic heterocycles. The van der Waals surface area contributed by atoms with E-state index in [1.807, 2.05) is 37.3 Å². The van der Waals surface area contributed by atoms with E-state index in [0.29, 0.717) is 11.6 Å². The molecule has 1 amide bonds. The standard InChI is InChI=1S/C23H27N5O3S2/c1-3-28-22(18-9-10-18)25-26-23(28)32-16-21(29)24-19-11-13-20(14-12-19)33(30,31)27(2)15-17-7-5-4-6-8-17/h4-8,11-14,18H,3,9-10,15-16H2,1-2H3,(H,24,29). The van der Waals surface area contributed by atoms with Gasteiger partial charge >= 0.3 is 0 Å². The Balaban J connectivity index is 1.34. The van der Waals surface area contributed by atoms with Gasteiger partial charge in [-0.1, -0.05) is 42.1 Å². The Labute approximate surface area is 198 Å². The highest BCUT2D eigenvalue weighted by Crippen LogP contribution is 2.40. The first kappa shape index (κ1) is 23.5. The summed E-state index contributed by atoms with van der Waals surface area (Å²) in [4.78, 5) is 12.6. The van der Waals surface area contributed by atoms with Crippen LogP contribution in [0.2, 0.25) is 0 Å². The maximum atomic E-state index is 12.9. The number of anilines is 1. The predicted molar refractivity (Wildman–Crippen MR) is 129 cm³/mol. The summed E-state index contributed by atoms with van der Waals surface area (Å²) in [5.41, 5.74) is 1.45. The van der Waals surface area contributed by atoms with E-state index in [2.05, 4.69) is 20.1 Å². The molecule has 174 valence electrons. The van der Waals surface area contributed by atoms with Crippen molar-refractivity contribution in [3.8, 4) is 0 Å². The largest absolute Gasteiger partial charge is 0.325 e. The monoisotopic (exact) mass is 485 g/mol. The molecule has 1 fully saturated rings. The second kappa shape index (κ2) is 10.1. The van der Waals surface area contributed by atoms with Gasteiger partial charge in [-0.3, -0.25) is 4.79 Å². The first-order valence-electron chi connectivity index (χ1n) is 10.8. The van der Waals surface area contributed by atoms with Gasteiger partial charge in [-0.25, -0.2) is 8.42 Å². The number of carbonyl (C=O) groups excluding carboxylic acids is 1. The second-order valence-corrected chi connectivity index (χ2v) is 11.0. The third-order valence-corrected chi connectivity index (χ3v) is 8.22. The first-order valence-corrected chi connectivity index (χ1v) is 13.3. The first-order chi connectivity index (χ1) is 15.9. The lowest BCUT2D eigenvalue weighted by Crippen LogP contribution is -2.26. The summed E-state index contributed by atoms with van der Waals surface area (Å²) in [6, 6.07) is 15.6. The molecule has 8 nitrogen and oxygen atoms in total. The lowest BCUT2D eigenvalue weighted by molar-refractivity contribution is -0.113. The van der Waals surface area contributed by atoms with E-state index in [-0.39, 0.29) is 23.1 Å². The Kier molecular flexibility index (Phi) is 7.16. The van der Waals surface area contributed by atoms with Crippen LogP contribution in [0.1, 0.15) is 37.1 Å². The minimum atomic E-state index is -3.64. The fraction of sp³-hybridized carbons (Fsp3) is 0.348. The van der Waals surface area contributed by atoms with Crippen molar-refractivity contribution in [2.75, 3.05) is 18.1 Å². The van der Waals surface area contributed by atoms with Crippen molar-refractivity contribution in [2.45, 2.75) is 48.8 Å². The number of nitrogens with one attached hydrogen (secondary N) is 1. The zero-order valence-corrected chi connectivity index (χ0v) is 20.3. The minimum Gasteiger partial charge on any atom is -0.325 e. The molecule has 0 bridgehead atoms. The number of hydrogen-bond acceptors (Lipinski definition) is 6. The number of amides is 1. The van der Waals surface area contributed by atoms with Crippen LogP contribution in [0, 0.1) is 0 Å². The van der Waals surface area contributed by atoms with Crippen LogP contribution in [0.5, 0.6) is 0 Å². The van der Waals surface area contributed by atoms with E-state index in [1.165, 1.54) is 28.2 Å². The lowest BCUT2D eigenvalue weighted by atomic mass is 10.2. The average molecular weight is 486 g/mol. The molecule has 4 rings (SSSR count). The highest BCUT2D eigenvalue weighted by atomic mass is 32.2. The molecule has 0 atom stereocenters. The Morgan fingerprint density at radius 3 is 2.45 bits per heavy atom. The third kappa shape index (κ3) is 5.63. The van der Waals surface area contributed by atoms with Gasteiger partial charge in [0, 0.05) is 31.7 Å². The van der Waals surface area contributed by atoms with Crippen LogP contribution < -0.4 is 5.32 Å². The molecular weight excluding hydrogens is 458 g/mol. The van der Waals surface area contributed by atoms with Crippen molar-refractivity contribution >= 4 is 33.4 Å². The molecule has 1 saturated carbocycles. The van der Waals surface area contributed by atoms with Gasteiger partial charge < -0.3 is 9.88 Å². The van der Waals surface area contributed by atoms with Crippen LogP contribution >= 0.6 is 11.8 Å². The molecule has 1 aliphatic rings. The molecule has 33 heavy (non-hydrogen) atoms. The third-order valence-electron chi connectivity index (χ3n) is 5.43. The Morgan fingerprint density at radius 2 is 1.82 bits per heavy atom. The van der Waals surface area contributed by atoms with E-state index < -0.39 is 10.0 Å². The second-order valence-electron chi connectivity index (χ2n) is 7.97. The minimum absolute atomic E-state index is 0.178. The molecule has 0 aliphatic heterocycles. The van der Waals surface area contributed by atoms with Crippen LogP contribution in [0.25, 0.3) is 0 Å². The molecule has 2 aromatic carbocycles. The average Bonchev–Trinajstić information content (AvgIpc) is 3.58. The van der Waals surface area contributed by atoms with Gasteiger partial charge in [0.1, 0.15) is 5.82 Å². The number of aromatic nitrogens is 3. The normalized spacial score (nSPS) is 13.9. The lowest BCUT2D eigenvalue weighted by Gasteiger charge is -2.17. The highest BCUT2D eigenvalue weighted by Gasteiger charge is 2.30.